The molecule has 1 amide bonds. The van der Waals surface area contributed by atoms with E-state index in [1.54, 1.807) is 12.4 Å². The maximum absolute atomic E-state index is 13.2. The average molecular weight is 465 g/mol. The van der Waals surface area contributed by atoms with E-state index in [2.05, 4.69) is 44.8 Å². The third kappa shape index (κ3) is 3.00. The number of anilines is 1. The van der Waals surface area contributed by atoms with E-state index < -0.39 is 0 Å². The number of amides is 1. The summed E-state index contributed by atoms with van der Waals surface area (Å²) in [4.78, 5) is 15.0. The van der Waals surface area contributed by atoms with E-state index in [1.807, 2.05) is 40.8 Å². The zero-order valence-corrected chi connectivity index (χ0v) is 18.2. The molecule has 1 aromatic heterocycles. The monoisotopic (exact) mass is 464 g/mol. The average Bonchev–Trinajstić information content (AvgIpc) is 3.28. The van der Waals surface area contributed by atoms with Crippen LogP contribution in [0.15, 0.2) is 53.8 Å². The third-order valence-corrected chi connectivity index (χ3v) is 6.78. The van der Waals surface area contributed by atoms with Gasteiger partial charge in [-0.25, -0.2) is 0 Å². The van der Waals surface area contributed by atoms with E-state index in [1.165, 1.54) is 0 Å². The van der Waals surface area contributed by atoms with Crippen LogP contribution in [0.1, 0.15) is 32.9 Å². The Morgan fingerprint density at radius 2 is 2.13 bits per heavy atom. The highest BCUT2D eigenvalue weighted by Gasteiger charge is 2.42. The van der Waals surface area contributed by atoms with Gasteiger partial charge in [0.1, 0.15) is 12.2 Å². The van der Waals surface area contributed by atoms with Gasteiger partial charge in [0.15, 0.2) is 0 Å². The van der Waals surface area contributed by atoms with Gasteiger partial charge in [0.25, 0.3) is 5.91 Å². The number of benzene rings is 2. The summed E-state index contributed by atoms with van der Waals surface area (Å²) in [5.41, 5.74) is 4.57. The summed E-state index contributed by atoms with van der Waals surface area (Å²) in [7, 11) is 1.95. The van der Waals surface area contributed by atoms with Gasteiger partial charge in [-0.1, -0.05) is 40.7 Å². The smallest absolute Gasteiger partial charge is 0.258 e. The van der Waals surface area contributed by atoms with E-state index in [0.29, 0.717) is 19.8 Å². The minimum Gasteiger partial charge on any atom is -0.379 e. The molecule has 3 aromatic rings. The molecule has 0 N–H and O–H groups in total. The Balaban J connectivity index is 1.48. The summed E-state index contributed by atoms with van der Waals surface area (Å²) >= 11 is 3.61. The van der Waals surface area contributed by atoms with Gasteiger partial charge < -0.3 is 14.2 Å². The first-order chi connectivity index (χ1) is 14.5. The molecule has 5 rings (SSSR count). The highest BCUT2D eigenvalue weighted by Crippen LogP contribution is 2.39. The van der Waals surface area contributed by atoms with Crippen molar-refractivity contribution in [3.8, 4) is 0 Å². The van der Waals surface area contributed by atoms with E-state index in [0.717, 1.165) is 44.7 Å². The Labute approximate surface area is 183 Å². The van der Waals surface area contributed by atoms with Crippen LogP contribution in [0, 0.1) is 0 Å². The van der Waals surface area contributed by atoms with Crippen molar-refractivity contribution in [3.05, 3.63) is 81.9 Å². The number of nitrogens with zero attached hydrogens (tertiary/aromatic N) is 4. The van der Waals surface area contributed by atoms with Crippen LogP contribution in [0.3, 0.4) is 0 Å². The van der Waals surface area contributed by atoms with Crippen LogP contribution < -0.4 is 4.90 Å². The summed E-state index contributed by atoms with van der Waals surface area (Å²) in [6.45, 7) is 5.63. The molecular formula is C23H21BrN4O2. The SMILES string of the molecule is C=Cc1cc(Br)c2c(c1)C(=O)N(c1cccc(C3(Cc4nncn4C)COC3)c1)C2. The first-order valence-corrected chi connectivity index (χ1v) is 10.6. The van der Waals surface area contributed by atoms with E-state index in [-0.39, 0.29) is 11.3 Å². The van der Waals surface area contributed by atoms with Gasteiger partial charge in [0.2, 0.25) is 0 Å². The zero-order chi connectivity index (χ0) is 20.9. The molecule has 152 valence electrons. The fourth-order valence-corrected chi connectivity index (χ4v) is 4.81. The lowest BCUT2D eigenvalue weighted by atomic mass is 9.75. The molecule has 2 aliphatic heterocycles. The molecule has 2 aromatic carbocycles. The van der Waals surface area contributed by atoms with Crippen LogP contribution in [0.2, 0.25) is 0 Å². The topological polar surface area (TPSA) is 60.2 Å². The minimum absolute atomic E-state index is 0.0127. The Kier molecular flexibility index (Phi) is 4.60. The van der Waals surface area contributed by atoms with Crippen molar-refractivity contribution in [1.82, 2.24) is 14.8 Å². The van der Waals surface area contributed by atoms with Crippen LogP contribution in [0.25, 0.3) is 6.08 Å². The van der Waals surface area contributed by atoms with Crippen molar-refractivity contribution in [2.24, 2.45) is 7.05 Å². The highest BCUT2D eigenvalue weighted by atomic mass is 79.9. The predicted molar refractivity (Wildman–Crippen MR) is 118 cm³/mol. The zero-order valence-electron chi connectivity index (χ0n) is 16.6. The number of carbonyl (C=O) groups is 1. The molecule has 0 saturated carbocycles. The van der Waals surface area contributed by atoms with Crippen molar-refractivity contribution in [2.75, 3.05) is 18.1 Å². The molecule has 0 radical (unpaired) electrons. The quantitative estimate of drug-likeness (QED) is 0.574. The second-order valence-corrected chi connectivity index (χ2v) is 8.84. The molecule has 1 fully saturated rings. The Morgan fingerprint density at radius 1 is 1.30 bits per heavy atom. The number of rotatable bonds is 5. The van der Waals surface area contributed by atoms with Gasteiger partial charge in [0, 0.05) is 34.6 Å². The molecule has 6 nitrogen and oxygen atoms in total. The Morgan fingerprint density at radius 3 is 2.80 bits per heavy atom. The molecule has 2 aliphatic rings. The summed E-state index contributed by atoms with van der Waals surface area (Å²) in [5.74, 6) is 0.938. The molecule has 7 heteroatoms. The second-order valence-electron chi connectivity index (χ2n) is 7.98. The maximum atomic E-state index is 13.2. The molecule has 0 unspecified atom stereocenters. The molecule has 0 aliphatic carbocycles. The molecule has 3 heterocycles. The minimum atomic E-state index is -0.150. The standard InChI is InChI=1S/C23H21BrN4O2/c1-3-15-7-18-19(20(24)8-15)11-28(22(18)29)17-6-4-5-16(9-17)23(12-30-13-23)10-21-26-25-14-27(21)2/h3-9,14H,1,10-13H2,2H3. The Hall–Kier alpha value is -2.77. The largest absolute Gasteiger partial charge is 0.379 e. The van der Waals surface area contributed by atoms with E-state index in [4.69, 9.17) is 4.74 Å². The van der Waals surface area contributed by atoms with Gasteiger partial charge >= 0.3 is 0 Å². The molecule has 0 spiro atoms. The number of fused-ring (bicyclic) bond motifs is 1. The van der Waals surface area contributed by atoms with E-state index >= 15 is 0 Å². The summed E-state index contributed by atoms with van der Waals surface area (Å²) in [6.07, 6.45) is 4.22. The lowest BCUT2D eigenvalue weighted by Crippen LogP contribution is -2.49. The number of aromatic nitrogens is 3. The lowest BCUT2D eigenvalue weighted by molar-refractivity contribution is -0.0611. The molecule has 1 saturated heterocycles. The summed E-state index contributed by atoms with van der Waals surface area (Å²) in [6, 6.07) is 12.1. The first kappa shape index (κ1) is 19.2. The van der Waals surface area contributed by atoms with Crippen molar-refractivity contribution in [1.29, 1.82) is 0 Å². The van der Waals surface area contributed by atoms with Crippen molar-refractivity contribution in [2.45, 2.75) is 18.4 Å². The van der Waals surface area contributed by atoms with Crippen LogP contribution in [0.5, 0.6) is 0 Å². The summed E-state index contributed by atoms with van der Waals surface area (Å²) < 4.78 is 8.49. The lowest BCUT2D eigenvalue weighted by Gasteiger charge is -2.42. The summed E-state index contributed by atoms with van der Waals surface area (Å²) in [5, 5.41) is 8.25. The normalized spacial score (nSPS) is 17.0. The van der Waals surface area contributed by atoms with Gasteiger partial charge in [-0.2, -0.15) is 0 Å². The molecule has 30 heavy (non-hydrogen) atoms. The highest BCUT2D eigenvalue weighted by molar-refractivity contribution is 9.10. The van der Waals surface area contributed by atoms with Crippen LogP contribution in [-0.4, -0.2) is 33.9 Å². The van der Waals surface area contributed by atoms with Gasteiger partial charge in [-0.05, 0) is 41.0 Å². The second kappa shape index (κ2) is 7.18. The van der Waals surface area contributed by atoms with Crippen LogP contribution in [0.4, 0.5) is 5.69 Å². The molecule has 0 bridgehead atoms. The maximum Gasteiger partial charge on any atom is 0.258 e. The number of hydrogen-bond acceptors (Lipinski definition) is 4. The van der Waals surface area contributed by atoms with E-state index in [9.17, 15) is 4.79 Å². The number of ether oxygens (including phenoxy) is 1. The first-order valence-electron chi connectivity index (χ1n) is 9.79. The number of hydrogen-bond donors (Lipinski definition) is 0. The number of aryl methyl sites for hydroxylation is 1. The van der Waals surface area contributed by atoms with Gasteiger partial charge in [-0.15, -0.1) is 10.2 Å². The fourth-order valence-electron chi connectivity index (χ4n) is 4.20. The van der Waals surface area contributed by atoms with Crippen LogP contribution in [-0.2, 0) is 30.2 Å². The van der Waals surface area contributed by atoms with Crippen molar-refractivity contribution < 1.29 is 9.53 Å². The third-order valence-electron chi connectivity index (χ3n) is 6.07. The fraction of sp³-hybridized carbons (Fsp3) is 0.261. The Bertz CT molecular complexity index is 1170. The van der Waals surface area contributed by atoms with Gasteiger partial charge in [0.05, 0.1) is 19.8 Å². The predicted octanol–water partition coefficient (Wildman–Crippen LogP) is 3.89. The van der Waals surface area contributed by atoms with Gasteiger partial charge in [-0.3, -0.25) is 4.79 Å². The van der Waals surface area contributed by atoms with Crippen LogP contribution >= 0.6 is 15.9 Å². The van der Waals surface area contributed by atoms with Crippen molar-refractivity contribution >= 4 is 33.6 Å². The molecular weight excluding hydrogens is 444 g/mol. The molecule has 0 atom stereocenters. The van der Waals surface area contributed by atoms with Crippen molar-refractivity contribution in [3.63, 3.8) is 0 Å². The number of carbonyl (C=O) groups excluding carboxylic acids is 1. The number of halogens is 1.